The Morgan fingerprint density at radius 2 is 2.00 bits per heavy atom. The lowest BCUT2D eigenvalue weighted by atomic mass is 10.00. The van der Waals surface area contributed by atoms with E-state index in [1.54, 1.807) is 0 Å². The number of ketones is 1. The van der Waals surface area contributed by atoms with Crippen molar-refractivity contribution in [3.63, 3.8) is 0 Å². The lowest BCUT2D eigenvalue weighted by molar-refractivity contribution is 0.102. The van der Waals surface area contributed by atoms with Crippen molar-refractivity contribution in [1.29, 1.82) is 0 Å². The van der Waals surface area contributed by atoms with Crippen molar-refractivity contribution in [3.05, 3.63) is 34.9 Å². The topological polar surface area (TPSA) is 20.3 Å². The van der Waals surface area contributed by atoms with Crippen LogP contribution in [0.2, 0.25) is 0 Å². The number of likely N-dealkylation sites (tertiary alicyclic amines) is 1. The van der Waals surface area contributed by atoms with E-state index < -0.39 is 0 Å². The number of rotatable bonds is 3. The highest BCUT2D eigenvalue weighted by Gasteiger charge is 2.19. The minimum Gasteiger partial charge on any atom is -0.357 e. The summed E-state index contributed by atoms with van der Waals surface area (Å²) in [4.78, 5) is 14.6. The predicted octanol–water partition coefficient (Wildman–Crippen LogP) is 4.24. The van der Waals surface area contributed by atoms with Crippen LogP contribution in [0.1, 0.15) is 41.3 Å². The minimum atomic E-state index is 0.175. The zero-order chi connectivity index (χ0) is 15.4. The van der Waals surface area contributed by atoms with Gasteiger partial charge in [-0.3, -0.25) is 4.79 Å². The summed E-state index contributed by atoms with van der Waals surface area (Å²) in [6, 6.07) is 6.03. The molecule has 4 heteroatoms. The van der Waals surface area contributed by atoms with E-state index in [1.165, 1.54) is 24.6 Å². The first-order valence-corrected chi connectivity index (χ1v) is 8.89. The maximum Gasteiger partial charge on any atom is 0.173 e. The average molecular weight is 322 g/mol. The summed E-state index contributed by atoms with van der Waals surface area (Å²) in [5.41, 5.74) is 3.00. The summed E-state index contributed by atoms with van der Waals surface area (Å²) in [5, 5.41) is 0. The Morgan fingerprint density at radius 1 is 1.33 bits per heavy atom. The summed E-state index contributed by atoms with van der Waals surface area (Å²) in [6.07, 6.45) is 2.40. The Labute approximate surface area is 137 Å². The third kappa shape index (κ3) is 4.55. The number of piperidine rings is 1. The largest absolute Gasteiger partial charge is 0.357 e. The van der Waals surface area contributed by atoms with E-state index in [4.69, 9.17) is 12.2 Å². The smallest absolute Gasteiger partial charge is 0.173 e. The third-order valence-electron chi connectivity index (χ3n) is 4.06. The maximum absolute atomic E-state index is 12.4. The molecule has 0 unspecified atom stereocenters. The normalized spacial score (nSPS) is 16.0. The van der Waals surface area contributed by atoms with Gasteiger partial charge in [-0.25, -0.2) is 0 Å². The predicted molar refractivity (Wildman–Crippen MR) is 95.3 cm³/mol. The van der Waals surface area contributed by atoms with Gasteiger partial charge in [0.15, 0.2) is 5.78 Å². The number of thioether (sulfide) groups is 1. The average Bonchev–Trinajstić information content (AvgIpc) is 2.47. The standard InChI is InChI=1S/C17H23NOS2/c1-12-6-8-18(9-7-12)17(20)21-11-16(19)15-10-13(2)4-5-14(15)3/h4-5,10,12H,6-9,11H2,1-3H3. The zero-order valence-corrected chi connectivity index (χ0v) is 14.6. The molecule has 0 bridgehead atoms. The molecule has 0 radical (unpaired) electrons. The molecule has 1 aromatic carbocycles. The van der Waals surface area contributed by atoms with E-state index in [-0.39, 0.29) is 5.78 Å². The van der Waals surface area contributed by atoms with Crippen LogP contribution in [0.4, 0.5) is 0 Å². The number of thiocarbonyl (C=S) groups is 1. The first-order valence-electron chi connectivity index (χ1n) is 7.49. The van der Waals surface area contributed by atoms with Gasteiger partial charge in [-0.05, 0) is 44.2 Å². The molecule has 0 N–H and O–H groups in total. The number of nitrogens with zero attached hydrogens (tertiary/aromatic N) is 1. The Morgan fingerprint density at radius 3 is 2.67 bits per heavy atom. The molecule has 2 nitrogen and oxygen atoms in total. The number of Topliss-reactive ketones (excluding diaryl/α,β-unsaturated/α-hetero) is 1. The molecule has 1 aromatic rings. The van der Waals surface area contributed by atoms with E-state index in [9.17, 15) is 4.79 Å². The Hall–Kier alpha value is -0.870. The summed E-state index contributed by atoms with van der Waals surface area (Å²) >= 11 is 6.99. The second-order valence-electron chi connectivity index (χ2n) is 5.97. The van der Waals surface area contributed by atoms with Crippen molar-refractivity contribution in [2.24, 2.45) is 5.92 Å². The fourth-order valence-corrected chi connectivity index (χ4v) is 3.66. The van der Waals surface area contributed by atoms with Gasteiger partial charge in [-0.2, -0.15) is 0 Å². The molecule has 0 aromatic heterocycles. The molecule has 21 heavy (non-hydrogen) atoms. The second kappa shape index (κ2) is 7.41. The van der Waals surface area contributed by atoms with Crippen LogP contribution in [0, 0.1) is 19.8 Å². The molecule has 0 spiro atoms. The molecule has 1 saturated heterocycles. The lowest BCUT2D eigenvalue weighted by Crippen LogP contribution is -2.35. The van der Waals surface area contributed by atoms with Crippen LogP contribution < -0.4 is 0 Å². The van der Waals surface area contributed by atoms with Gasteiger partial charge in [-0.15, -0.1) is 0 Å². The molecule has 1 fully saturated rings. The maximum atomic E-state index is 12.4. The molecule has 1 heterocycles. The summed E-state index contributed by atoms with van der Waals surface area (Å²) in [7, 11) is 0. The minimum absolute atomic E-state index is 0.175. The van der Waals surface area contributed by atoms with Gasteiger partial charge >= 0.3 is 0 Å². The van der Waals surface area contributed by atoms with Crippen LogP contribution in [0.3, 0.4) is 0 Å². The van der Waals surface area contributed by atoms with Gasteiger partial charge in [0, 0.05) is 18.7 Å². The van der Waals surface area contributed by atoms with Gasteiger partial charge in [0.1, 0.15) is 4.32 Å². The summed E-state index contributed by atoms with van der Waals surface area (Å²) in [6.45, 7) is 8.36. The number of hydrogen-bond donors (Lipinski definition) is 0. The fraction of sp³-hybridized carbons (Fsp3) is 0.529. The molecule has 114 valence electrons. The van der Waals surface area contributed by atoms with Crippen molar-refractivity contribution in [3.8, 4) is 0 Å². The highest BCUT2D eigenvalue weighted by molar-refractivity contribution is 8.23. The number of aryl methyl sites for hydroxylation is 2. The zero-order valence-electron chi connectivity index (χ0n) is 13.0. The quantitative estimate of drug-likeness (QED) is 0.613. The summed E-state index contributed by atoms with van der Waals surface area (Å²) < 4.78 is 0.876. The van der Waals surface area contributed by atoms with Gasteiger partial charge in [0.05, 0.1) is 5.75 Å². The monoisotopic (exact) mass is 321 g/mol. The molecule has 1 aliphatic rings. The highest BCUT2D eigenvalue weighted by atomic mass is 32.2. The van der Waals surface area contributed by atoms with Crippen LogP contribution >= 0.6 is 24.0 Å². The van der Waals surface area contributed by atoms with Crippen LogP contribution in [0.5, 0.6) is 0 Å². The van der Waals surface area contributed by atoms with Crippen LogP contribution in [0.25, 0.3) is 0 Å². The summed E-state index contributed by atoms with van der Waals surface area (Å²) in [5.74, 6) is 1.41. The van der Waals surface area contributed by atoms with Crippen molar-refractivity contribution in [2.45, 2.75) is 33.6 Å². The van der Waals surface area contributed by atoms with E-state index in [1.807, 2.05) is 32.0 Å². The second-order valence-corrected chi connectivity index (χ2v) is 7.57. The van der Waals surface area contributed by atoms with Gasteiger partial charge < -0.3 is 4.90 Å². The first kappa shape index (κ1) is 16.5. The fourth-order valence-electron chi connectivity index (χ4n) is 2.52. The number of benzene rings is 1. The Bertz CT molecular complexity index is 534. The number of carbonyl (C=O) groups is 1. The number of hydrogen-bond acceptors (Lipinski definition) is 3. The molecule has 0 atom stereocenters. The van der Waals surface area contributed by atoms with Crippen LogP contribution in [-0.2, 0) is 0 Å². The van der Waals surface area contributed by atoms with Crippen molar-refractivity contribution < 1.29 is 4.79 Å². The van der Waals surface area contributed by atoms with E-state index in [2.05, 4.69) is 11.8 Å². The van der Waals surface area contributed by atoms with Gasteiger partial charge in [0.2, 0.25) is 0 Å². The van der Waals surface area contributed by atoms with E-state index in [0.717, 1.165) is 40.0 Å². The third-order valence-corrected chi connectivity index (χ3v) is 5.59. The van der Waals surface area contributed by atoms with Crippen molar-refractivity contribution in [1.82, 2.24) is 4.90 Å². The Balaban J connectivity index is 1.89. The molecular formula is C17H23NOS2. The van der Waals surface area contributed by atoms with E-state index in [0.29, 0.717) is 5.75 Å². The first-order chi connectivity index (χ1) is 9.97. The molecule has 2 rings (SSSR count). The Kier molecular flexibility index (Phi) is 5.82. The number of carbonyl (C=O) groups excluding carboxylic acids is 1. The van der Waals surface area contributed by atoms with Crippen molar-refractivity contribution in [2.75, 3.05) is 18.8 Å². The van der Waals surface area contributed by atoms with Crippen LogP contribution in [-0.4, -0.2) is 33.8 Å². The highest BCUT2D eigenvalue weighted by Crippen LogP contribution is 2.21. The molecular weight excluding hydrogens is 298 g/mol. The molecule has 0 saturated carbocycles. The molecule has 0 aliphatic carbocycles. The van der Waals surface area contributed by atoms with Crippen molar-refractivity contribution >= 4 is 34.1 Å². The van der Waals surface area contributed by atoms with Gasteiger partial charge in [0.25, 0.3) is 0 Å². The molecule has 1 aliphatic heterocycles. The lowest BCUT2D eigenvalue weighted by Gasteiger charge is -2.31. The van der Waals surface area contributed by atoms with Crippen LogP contribution in [0.15, 0.2) is 18.2 Å². The van der Waals surface area contributed by atoms with Gasteiger partial charge in [-0.1, -0.05) is 48.6 Å². The SMILES string of the molecule is Cc1ccc(C)c(C(=O)CSC(=S)N2CCC(C)CC2)c1. The van der Waals surface area contributed by atoms with E-state index >= 15 is 0 Å². The molecule has 0 amide bonds.